The van der Waals surface area contributed by atoms with Gasteiger partial charge < -0.3 is 9.84 Å². The second-order valence-corrected chi connectivity index (χ2v) is 5.53. The summed E-state index contributed by atoms with van der Waals surface area (Å²) in [5, 5.41) is 9.99. The summed E-state index contributed by atoms with van der Waals surface area (Å²) >= 11 is 0. The van der Waals surface area contributed by atoms with Gasteiger partial charge in [-0.3, -0.25) is 4.79 Å². The van der Waals surface area contributed by atoms with Crippen molar-refractivity contribution in [3.05, 3.63) is 60.2 Å². The van der Waals surface area contributed by atoms with Gasteiger partial charge in [-0.15, -0.1) is 12.4 Å². The highest BCUT2D eigenvalue weighted by Crippen LogP contribution is 2.27. The molecule has 0 saturated heterocycles. The van der Waals surface area contributed by atoms with Gasteiger partial charge in [0.2, 0.25) is 0 Å². The molecule has 1 heterocycles. The minimum Gasteiger partial charge on any atom is -0.494 e. The van der Waals surface area contributed by atoms with Crippen LogP contribution in [0.1, 0.15) is 18.9 Å². The molecule has 0 aliphatic heterocycles. The zero-order chi connectivity index (χ0) is 16.9. The highest BCUT2D eigenvalue weighted by molar-refractivity contribution is 5.86. The fourth-order valence-electron chi connectivity index (χ4n) is 2.73. The van der Waals surface area contributed by atoms with E-state index in [2.05, 4.69) is 0 Å². The van der Waals surface area contributed by atoms with Gasteiger partial charge in [0.25, 0.3) is 0 Å². The predicted molar refractivity (Wildman–Crippen MR) is 102 cm³/mol. The Balaban J connectivity index is 0.00000225. The number of halogens is 1. The van der Waals surface area contributed by atoms with Gasteiger partial charge in [0.15, 0.2) is 0 Å². The Morgan fingerprint density at radius 1 is 1.12 bits per heavy atom. The molecule has 5 heteroatoms. The summed E-state index contributed by atoms with van der Waals surface area (Å²) in [5.74, 6) is 0.0339. The lowest BCUT2D eigenvalue weighted by Crippen LogP contribution is -1.99. The number of aromatic nitrogens is 1. The largest absolute Gasteiger partial charge is 0.494 e. The van der Waals surface area contributed by atoms with E-state index < -0.39 is 5.97 Å². The Labute approximate surface area is 152 Å². The van der Waals surface area contributed by atoms with E-state index in [4.69, 9.17) is 14.8 Å². The molecule has 0 amide bonds. The van der Waals surface area contributed by atoms with Crippen molar-refractivity contribution in [1.29, 1.82) is 0 Å². The van der Waals surface area contributed by atoms with Crippen molar-refractivity contribution in [3.8, 4) is 17.0 Å². The lowest BCUT2D eigenvalue weighted by atomic mass is 10.0. The molecule has 1 aromatic heterocycles. The molecule has 2 aromatic carbocycles. The van der Waals surface area contributed by atoms with Crippen LogP contribution in [0.4, 0.5) is 0 Å². The first-order chi connectivity index (χ1) is 11.7. The molecule has 0 aliphatic carbocycles. The molecule has 25 heavy (non-hydrogen) atoms. The maximum Gasteiger partial charge on any atom is 0.303 e. The van der Waals surface area contributed by atoms with Crippen LogP contribution in [0.5, 0.6) is 5.75 Å². The number of fused-ring (bicyclic) bond motifs is 1. The Hall–Kier alpha value is -2.59. The number of rotatable bonds is 6. The first-order valence-electron chi connectivity index (χ1n) is 8.01. The van der Waals surface area contributed by atoms with Crippen molar-refractivity contribution >= 4 is 29.3 Å². The maximum atomic E-state index is 10.9. The molecule has 130 valence electrons. The number of pyridine rings is 1. The summed E-state index contributed by atoms with van der Waals surface area (Å²) in [5.41, 5.74) is 3.72. The Bertz CT molecular complexity index is 862. The third-order valence-electron chi connectivity index (χ3n) is 3.87. The van der Waals surface area contributed by atoms with Gasteiger partial charge in [0.05, 0.1) is 17.8 Å². The summed E-state index contributed by atoms with van der Waals surface area (Å²) in [6.07, 6.45) is 0.596. The summed E-state index contributed by atoms with van der Waals surface area (Å²) in [4.78, 5) is 15.7. The average Bonchev–Trinajstić information content (AvgIpc) is 2.60. The van der Waals surface area contributed by atoms with Gasteiger partial charge in [0.1, 0.15) is 5.75 Å². The van der Waals surface area contributed by atoms with E-state index in [-0.39, 0.29) is 18.8 Å². The Morgan fingerprint density at radius 3 is 2.52 bits per heavy atom. The van der Waals surface area contributed by atoms with Gasteiger partial charge in [-0.1, -0.05) is 18.2 Å². The third-order valence-corrected chi connectivity index (χ3v) is 3.87. The van der Waals surface area contributed by atoms with E-state index in [0.717, 1.165) is 33.5 Å². The van der Waals surface area contributed by atoms with Gasteiger partial charge in [-0.05, 0) is 55.3 Å². The number of aryl methyl sites for hydroxylation is 1. The second-order valence-electron chi connectivity index (χ2n) is 5.53. The molecule has 0 fully saturated rings. The standard InChI is InChI=1S/C20H19NO3.ClH/c1-2-24-16-10-7-14(8-11-16)19-13-15(9-12-20(22)23)17-5-3-4-6-18(17)21-19;/h3-8,10-11,13H,2,9,12H2,1H3,(H,22,23);1H. The topological polar surface area (TPSA) is 59.4 Å². The van der Waals surface area contributed by atoms with Crippen molar-refractivity contribution in [2.45, 2.75) is 19.8 Å². The monoisotopic (exact) mass is 357 g/mol. The fraction of sp³-hybridized carbons (Fsp3) is 0.200. The number of hydrogen-bond acceptors (Lipinski definition) is 3. The highest BCUT2D eigenvalue weighted by Gasteiger charge is 2.09. The van der Waals surface area contributed by atoms with Crippen molar-refractivity contribution in [3.63, 3.8) is 0 Å². The summed E-state index contributed by atoms with van der Waals surface area (Å²) in [6.45, 7) is 2.58. The normalized spacial score (nSPS) is 10.3. The minimum atomic E-state index is -0.793. The number of hydrogen-bond donors (Lipinski definition) is 1. The number of nitrogens with zero attached hydrogens (tertiary/aromatic N) is 1. The molecule has 0 saturated carbocycles. The molecule has 3 rings (SSSR count). The summed E-state index contributed by atoms with van der Waals surface area (Å²) in [6, 6.07) is 17.6. The molecule has 0 unspecified atom stereocenters. The molecule has 1 N–H and O–H groups in total. The van der Waals surface area contributed by atoms with Crippen LogP contribution in [0.25, 0.3) is 22.2 Å². The van der Waals surface area contributed by atoms with E-state index in [1.165, 1.54) is 0 Å². The molecule has 0 aliphatic rings. The lowest BCUT2D eigenvalue weighted by Gasteiger charge is -2.10. The number of ether oxygens (including phenoxy) is 1. The first-order valence-corrected chi connectivity index (χ1v) is 8.01. The first kappa shape index (κ1) is 18.7. The number of para-hydroxylation sites is 1. The highest BCUT2D eigenvalue weighted by atomic mass is 35.5. The van der Waals surface area contributed by atoms with E-state index in [0.29, 0.717) is 13.0 Å². The summed E-state index contributed by atoms with van der Waals surface area (Å²) in [7, 11) is 0. The molecule has 0 spiro atoms. The molecule has 4 nitrogen and oxygen atoms in total. The van der Waals surface area contributed by atoms with Crippen LogP contribution in [0.3, 0.4) is 0 Å². The van der Waals surface area contributed by atoms with E-state index >= 15 is 0 Å². The fourth-order valence-corrected chi connectivity index (χ4v) is 2.73. The number of benzene rings is 2. The molecular formula is C20H20ClNO3. The van der Waals surface area contributed by atoms with Crippen LogP contribution < -0.4 is 4.74 Å². The third kappa shape index (κ3) is 4.48. The quantitative estimate of drug-likeness (QED) is 0.692. The Morgan fingerprint density at radius 2 is 1.84 bits per heavy atom. The number of carbonyl (C=O) groups is 1. The Kier molecular flexibility index (Phi) is 6.37. The van der Waals surface area contributed by atoms with Gasteiger partial charge in [-0.25, -0.2) is 4.98 Å². The van der Waals surface area contributed by atoms with Gasteiger partial charge >= 0.3 is 5.97 Å². The van der Waals surface area contributed by atoms with Crippen molar-refractivity contribution in [2.75, 3.05) is 6.61 Å². The number of carboxylic acid groups (broad SMARTS) is 1. The van der Waals surface area contributed by atoms with Crippen LogP contribution in [0.2, 0.25) is 0 Å². The van der Waals surface area contributed by atoms with Gasteiger partial charge in [-0.2, -0.15) is 0 Å². The van der Waals surface area contributed by atoms with Crippen molar-refractivity contribution < 1.29 is 14.6 Å². The zero-order valence-corrected chi connectivity index (χ0v) is 14.8. The second kappa shape index (κ2) is 8.49. The maximum absolute atomic E-state index is 10.9. The molecule has 0 radical (unpaired) electrons. The van der Waals surface area contributed by atoms with Crippen LogP contribution in [0.15, 0.2) is 54.6 Å². The smallest absolute Gasteiger partial charge is 0.303 e. The average molecular weight is 358 g/mol. The number of carboxylic acids is 1. The molecule has 0 bridgehead atoms. The predicted octanol–water partition coefficient (Wildman–Crippen LogP) is 4.74. The molecular weight excluding hydrogens is 338 g/mol. The van der Waals surface area contributed by atoms with E-state index in [1.807, 2.05) is 61.5 Å². The van der Waals surface area contributed by atoms with Gasteiger partial charge in [0, 0.05) is 17.4 Å². The number of aliphatic carboxylic acids is 1. The van der Waals surface area contributed by atoms with E-state index in [1.54, 1.807) is 0 Å². The van der Waals surface area contributed by atoms with E-state index in [9.17, 15) is 4.79 Å². The van der Waals surface area contributed by atoms with Crippen LogP contribution in [-0.2, 0) is 11.2 Å². The van der Waals surface area contributed by atoms with Crippen LogP contribution in [0, 0.1) is 0 Å². The van der Waals surface area contributed by atoms with Crippen molar-refractivity contribution in [1.82, 2.24) is 4.98 Å². The minimum absolute atomic E-state index is 0. The molecule has 0 atom stereocenters. The zero-order valence-electron chi connectivity index (χ0n) is 13.9. The SMILES string of the molecule is CCOc1ccc(-c2cc(CCC(=O)O)c3ccccc3n2)cc1.Cl. The summed E-state index contributed by atoms with van der Waals surface area (Å²) < 4.78 is 5.47. The van der Waals surface area contributed by atoms with Crippen LogP contribution >= 0.6 is 12.4 Å². The van der Waals surface area contributed by atoms with Crippen molar-refractivity contribution in [2.24, 2.45) is 0 Å². The van der Waals surface area contributed by atoms with Crippen LogP contribution in [-0.4, -0.2) is 22.7 Å². The molecule has 3 aromatic rings. The lowest BCUT2D eigenvalue weighted by molar-refractivity contribution is -0.136.